The molecule has 2 aromatic rings. The molecule has 0 spiro atoms. The first-order valence-corrected chi connectivity index (χ1v) is 9.07. The number of hydrogen-bond donors (Lipinski definition) is 2. The summed E-state index contributed by atoms with van der Waals surface area (Å²) in [5, 5.41) is 3.55. The van der Waals surface area contributed by atoms with E-state index in [9.17, 15) is 9.59 Å². The highest BCUT2D eigenvalue weighted by Gasteiger charge is 2.19. The van der Waals surface area contributed by atoms with Gasteiger partial charge in [0.25, 0.3) is 5.91 Å². The molecule has 1 aromatic heterocycles. The predicted octanol–water partition coefficient (Wildman–Crippen LogP) is 3.57. The lowest BCUT2D eigenvalue weighted by molar-refractivity contribution is -0.120. The van der Waals surface area contributed by atoms with Crippen molar-refractivity contribution in [2.75, 3.05) is 0 Å². The van der Waals surface area contributed by atoms with Gasteiger partial charge in [-0.3, -0.25) is 14.6 Å². The Morgan fingerprint density at radius 1 is 1.08 bits per heavy atom. The number of unbranched alkanes of at least 4 members (excludes halogenated alkanes) is 5. The lowest BCUT2D eigenvalue weighted by Gasteiger charge is -2.16. The summed E-state index contributed by atoms with van der Waals surface area (Å²) in [7, 11) is 0. The van der Waals surface area contributed by atoms with E-state index in [0.29, 0.717) is 12.0 Å². The Morgan fingerprint density at radius 3 is 2.56 bits per heavy atom. The Kier molecular flexibility index (Phi) is 7.38. The van der Waals surface area contributed by atoms with Gasteiger partial charge in [-0.2, -0.15) is 0 Å². The number of carbonyl (C=O) groups excluding carboxylic acids is 2. The Morgan fingerprint density at radius 2 is 1.80 bits per heavy atom. The summed E-state index contributed by atoms with van der Waals surface area (Å²) in [6, 6.07) is 8.48. The van der Waals surface area contributed by atoms with Crippen LogP contribution in [-0.4, -0.2) is 22.8 Å². The smallest absolute Gasteiger partial charge is 0.252 e. The quantitative estimate of drug-likeness (QED) is 0.648. The fourth-order valence-electron chi connectivity index (χ4n) is 2.94. The molecule has 2 rings (SSSR count). The molecule has 25 heavy (non-hydrogen) atoms. The summed E-state index contributed by atoms with van der Waals surface area (Å²) in [5.74, 6) is -0.770. The topological polar surface area (TPSA) is 85.1 Å². The van der Waals surface area contributed by atoms with Gasteiger partial charge in [0.15, 0.2) is 0 Å². The van der Waals surface area contributed by atoms with E-state index in [-0.39, 0.29) is 5.91 Å². The minimum Gasteiger partial charge on any atom is -0.368 e. The number of hydrogen-bond acceptors (Lipinski definition) is 3. The third-order valence-electron chi connectivity index (χ3n) is 4.39. The first-order chi connectivity index (χ1) is 12.1. The number of aromatic nitrogens is 1. The number of rotatable bonds is 10. The monoisotopic (exact) mass is 341 g/mol. The van der Waals surface area contributed by atoms with Crippen LogP contribution >= 0.6 is 0 Å². The molecule has 0 fully saturated rings. The third kappa shape index (κ3) is 5.55. The standard InChI is InChI=1S/C20H27N3O2/c1-2-3-4-5-6-7-12-18(19(21)24)23-20(25)16-13-14-22-17-11-9-8-10-15(16)17/h8-11,13-14,18H,2-7,12H2,1H3,(H2,21,24)(H,23,25)/t18-/m0/s1. The Balaban J connectivity index is 1.96. The van der Waals surface area contributed by atoms with E-state index in [1.54, 1.807) is 12.3 Å². The maximum absolute atomic E-state index is 12.6. The number of primary amides is 1. The number of nitrogens with zero attached hydrogens (tertiary/aromatic N) is 1. The maximum Gasteiger partial charge on any atom is 0.252 e. The molecule has 134 valence electrons. The van der Waals surface area contributed by atoms with Gasteiger partial charge in [-0.05, 0) is 18.6 Å². The number of fused-ring (bicyclic) bond motifs is 1. The Bertz CT molecular complexity index is 710. The fourth-order valence-corrected chi connectivity index (χ4v) is 2.94. The van der Waals surface area contributed by atoms with E-state index in [1.807, 2.05) is 24.3 Å². The van der Waals surface area contributed by atoms with Crippen molar-refractivity contribution in [2.24, 2.45) is 5.73 Å². The van der Waals surface area contributed by atoms with Gasteiger partial charge in [0.05, 0.1) is 11.1 Å². The summed E-state index contributed by atoms with van der Waals surface area (Å²) in [5.41, 5.74) is 6.74. The molecule has 1 atom stereocenters. The lowest BCUT2D eigenvalue weighted by atomic mass is 10.0. The minimum atomic E-state index is -0.634. The molecule has 1 aromatic carbocycles. The largest absolute Gasteiger partial charge is 0.368 e. The van der Waals surface area contributed by atoms with Gasteiger partial charge in [0.1, 0.15) is 6.04 Å². The van der Waals surface area contributed by atoms with Crippen molar-refractivity contribution < 1.29 is 9.59 Å². The van der Waals surface area contributed by atoms with Crippen molar-refractivity contribution in [2.45, 2.75) is 57.9 Å². The fraction of sp³-hybridized carbons (Fsp3) is 0.450. The first kappa shape index (κ1) is 18.9. The average molecular weight is 341 g/mol. The summed E-state index contributed by atoms with van der Waals surface area (Å²) in [4.78, 5) is 28.5. The highest BCUT2D eigenvalue weighted by molar-refractivity contribution is 6.07. The number of nitrogens with two attached hydrogens (primary N) is 1. The zero-order valence-electron chi connectivity index (χ0n) is 14.8. The van der Waals surface area contributed by atoms with E-state index in [4.69, 9.17) is 5.73 Å². The van der Waals surface area contributed by atoms with E-state index in [0.717, 1.165) is 30.2 Å². The second-order valence-corrected chi connectivity index (χ2v) is 6.36. The van der Waals surface area contributed by atoms with E-state index in [2.05, 4.69) is 17.2 Å². The van der Waals surface area contributed by atoms with Crippen molar-refractivity contribution in [3.05, 3.63) is 42.1 Å². The molecule has 5 heteroatoms. The van der Waals surface area contributed by atoms with Crippen LogP contribution in [0.4, 0.5) is 0 Å². The third-order valence-corrected chi connectivity index (χ3v) is 4.39. The SMILES string of the molecule is CCCCCCCC[C@H](NC(=O)c1ccnc2ccccc12)C(N)=O. The Hall–Kier alpha value is -2.43. The lowest BCUT2D eigenvalue weighted by Crippen LogP contribution is -2.44. The van der Waals surface area contributed by atoms with Gasteiger partial charge >= 0.3 is 0 Å². The molecule has 0 aliphatic heterocycles. The van der Waals surface area contributed by atoms with Gasteiger partial charge in [0.2, 0.25) is 5.91 Å². The zero-order valence-corrected chi connectivity index (χ0v) is 14.8. The summed E-state index contributed by atoms with van der Waals surface area (Å²) in [6.07, 6.45) is 8.94. The number of nitrogens with one attached hydrogen (secondary N) is 1. The van der Waals surface area contributed by atoms with Crippen LogP contribution in [0.3, 0.4) is 0 Å². The van der Waals surface area contributed by atoms with Crippen molar-refractivity contribution >= 4 is 22.7 Å². The number of amides is 2. The molecule has 3 N–H and O–H groups in total. The molecule has 2 amide bonds. The molecular formula is C20H27N3O2. The molecule has 0 radical (unpaired) electrons. The van der Waals surface area contributed by atoms with Crippen LogP contribution in [0.2, 0.25) is 0 Å². The van der Waals surface area contributed by atoms with Crippen molar-refractivity contribution in [1.82, 2.24) is 10.3 Å². The molecule has 0 aliphatic rings. The van der Waals surface area contributed by atoms with E-state index >= 15 is 0 Å². The molecular weight excluding hydrogens is 314 g/mol. The average Bonchev–Trinajstić information content (AvgIpc) is 2.62. The molecule has 5 nitrogen and oxygen atoms in total. The highest BCUT2D eigenvalue weighted by atomic mass is 16.2. The van der Waals surface area contributed by atoms with E-state index in [1.165, 1.54) is 19.3 Å². The van der Waals surface area contributed by atoms with Crippen LogP contribution in [0.15, 0.2) is 36.5 Å². The van der Waals surface area contributed by atoms with Crippen molar-refractivity contribution in [1.29, 1.82) is 0 Å². The zero-order chi connectivity index (χ0) is 18.1. The molecule has 0 saturated carbocycles. The highest BCUT2D eigenvalue weighted by Crippen LogP contribution is 2.16. The van der Waals surface area contributed by atoms with Gasteiger partial charge in [-0.25, -0.2) is 0 Å². The predicted molar refractivity (Wildman–Crippen MR) is 100 cm³/mol. The normalized spacial score (nSPS) is 12.0. The second-order valence-electron chi connectivity index (χ2n) is 6.36. The summed E-state index contributed by atoms with van der Waals surface area (Å²) in [6.45, 7) is 2.18. The van der Waals surface area contributed by atoms with Crippen LogP contribution < -0.4 is 11.1 Å². The minimum absolute atomic E-state index is 0.284. The molecule has 0 bridgehead atoms. The van der Waals surface area contributed by atoms with Crippen molar-refractivity contribution in [3.8, 4) is 0 Å². The van der Waals surface area contributed by atoms with Crippen molar-refractivity contribution in [3.63, 3.8) is 0 Å². The van der Waals surface area contributed by atoms with Crippen LogP contribution in [0.25, 0.3) is 10.9 Å². The van der Waals surface area contributed by atoms with E-state index < -0.39 is 11.9 Å². The first-order valence-electron chi connectivity index (χ1n) is 9.07. The molecule has 0 saturated heterocycles. The van der Waals surface area contributed by atoms with Gasteiger partial charge in [0, 0.05) is 11.6 Å². The number of pyridine rings is 1. The summed E-state index contributed by atoms with van der Waals surface area (Å²) < 4.78 is 0. The number of carbonyl (C=O) groups is 2. The van der Waals surface area contributed by atoms with Gasteiger partial charge in [-0.15, -0.1) is 0 Å². The number of benzene rings is 1. The van der Waals surface area contributed by atoms with Crippen LogP contribution in [0.1, 0.15) is 62.2 Å². The maximum atomic E-state index is 12.6. The molecule has 0 unspecified atom stereocenters. The Labute approximate surface area is 149 Å². The van der Waals surface area contributed by atoms with Gasteiger partial charge < -0.3 is 11.1 Å². The summed E-state index contributed by atoms with van der Waals surface area (Å²) >= 11 is 0. The number of para-hydroxylation sites is 1. The van der Waals surface area contributed by atoms with Crippen LogP contribution in [0, 0.1) is 0 Å². The van der Waals surface area contributed by atoms with Crippen LogP contribution in [0.5, 0.6) is 0 Å². The second kappa shape index (κ2) is 9.77. The van der Waals surface area contributed by atoms with Gasteiger partial charge in [-0.1, -0.05) is 63.6 Å². The molecule has 0 aliphatic carbocycles. The molecule has 1 heterocycles. The van der Waals surface area contributed by atoms with Crippen LogP contribution in [-0.2, 0) is 4.79 Å².